The van der Waals surface area contributed by atoms with Crippen LogP contribution < -0.4 is 10.2 Å². The van der Waals surface area contributed by atoms with Gasteiger partial charge in [0, 0.05) is 24.3 Å². The zero-order chi connectivity index (χ0) is 13.4. The molecular weight excluding hydrogens is 260 g/mol. The summed E-state index contributed by atoms with van der Waals surface area (Å²) in [6.07, 6.45) is 0.878. The Morgan fingerprint density at radius 3 is 2.74 bits per heavy atom. The van der Waals surface area contributed by atoms with Crippen molar-refractivity contribution in [2.75, 3.05) is 17.3 Å². The lowest BCUT2D eigenvalue weighted by atomic mass is 10.2. The minimum atomic E-state index is 0.360. The van der Waals surface area contributed by atoms with Gasteiger partial charge in [-0.05, 0) is 25.5 Å². The molecule has 1 N–H and O–H groups in total. The van der Waals surface area contributed by atoms with Crippen LogP contribution in [0.1, 0.15) is 12.5 Å². The number of hydrogen-bond acceptors (Lipinski definition) is 4. The largest absolute Gasteiger partial charge is 0.367 e. The quantitative estimate of drug-likeness (QED) is 0.854. The molecule has 0 bridgehead atoms. The number of aromatic nitrogens is 2. The van der Waals surface area contributed by atoms with Crippen LogP contribution in [0.2, 0.25) is 5.15 Å². The second-order valence-corrected chi connectivity index (χ2v) is 5.14. The maximum atomic E-state index is 6.25. The molecule has 5 heteroatoms. The number of hydrogen-bond donors (Lipinski definition) is 1. The third-order valence-electron chi connectivity index (χ3n) is 3.28. The Labute approximate surface area is 117 Å². The van der Waals surface area contributed by atoms with Crippen LogP contribution in [-0.4, -0.2) is 23.1 Å². The molecule has 0 amide bonds. The molecule has 0 aliphatic carbocycles. The summed E-state index contributed by atoms with van der Waals surface area (Å²) in [4.78, 5) is 10.9. The minimum absolute atomic E-state index is 0.360. The van der Waals surface area contributed by atoms with Crippen molar-refractivity contribution in [3.8, 4) is 0 Å². The van der Waals surface area contributed by atoms with Gasteiger partial charge in [-0.1, -0.05) is 29.8 Å². The van der Waals surface area contributed by atoms with E-state index in [9.17, 15) is 0 Å². The topological polar surface area (TPSA) is 41.1 Å². The number of nitrogens with zero attached hydrogens (tertiary/aromatic N) is 3. The van der Waals surface area contributed by atoms with Crippen molar-refractivity contribution >= 4 is 29.1 Å². The lowest BCUT2D eigenvalue weighted by Gasteiger charge is -2.18. The van der Waals surface area contributed by atoms with Crippen molar-refractivity contribution < 1.29 is 0 Å². The molecule has 1 aliphatic heterocycles. The molecule has 0 saturated carbocycles. The number of fused-ring (bicyclic) bond motifs is 1. The molecule has 0 fully saturated rings. The van der Waals surface area contributed by atoms with E-state index in [-0.39, 0.29) is 0 Å². The van der Waals surface area contributed by atoms with Gasteiger partial charge in [-0.25, -0.2) is 4.98 Å². The van der Waals surface area contributed by atoms with E-state index in [1.54, 1.807) is 0 Å². The fraction of sp³-hybridized carbons (Fsp3) is 0.286. The Morgan fingerprint density at radius 1 is 1.26 bits per heavy atom. The van der Waals surface area contributed by atoms with Crippen LogP contribution in [0.25, 0.3) is 0 Å². The molecule has 0 unspecified atom stereocenters. The lowest BCUT2D eigenvalue weighted by Crippen LogP contribution is -2.14. The normalized spacial score (nSPS) is 16.9. The molecule has 0 radical (unpaired) electrons. The Hall–Kier alpha value is -1.81. The van der Waals surface area contributed by atoms with Crippen LogP contribution in [0.5, 0.6) is 0 Å². The number of nitrogens with one attached hydrogen (secondary N) is 1. The van der Waals surface area contributed by atoms with Gasteiger partial charge in [-0.2, -0.15) is 4.98 Å². The fourth-order valence-corrected chi connectivity index (χ4v) is 2.50. The molecule has 3 rings (SSSR count). The van der Waals surface area contributed by atoms with Crippen LogP contribution in [0, 0.1) is 0 Å². The molecule has 4 nitrogen and oxygen atoms in total. The van der Waals surface area contributed by atoms with E-state index in [1.165, 1.54) is 0 Å². The van der Waals surface area contributed by atoms with Crippen LogP contribution >= 0.6 is 11.6 Å². The van der Waals surface area contributed by atoms with Crippen LogP contribution in [0.3, 0.4) is 0 Å². The molecule has 19 heavy (non-hydrogen) atoms. The van der Waals surface area contributed by atoms with E-state index in [0.29, 0.717) is 17.1 Å². The summed E-state index contributed by atoms with van der Waals surface area (Å²) < 4.78 is 0. The summed E-state index contributed by atoms with van der Waals surface area (Å²) in [5.41, 5.74) is 2.05. The molecule has 98 valence electrons. The van der Waals surface area contributed by atoms with E-state index in [4.69, 9.17) is 11.6 Å². The predicted molar refractivity (Wildman–Crippen MR) is 78.3 cm³/mol. The molecule has 1 aliphatic rings. The first kappa shape index (κ1) is 12.2. The first-order valence-corrected chi connectivity index (χ1v) is 6.64. The first-order valence-electron chi connectivity index (χ1n) is 6.27. The van der Waals surface area contributed by atoms with Gasteiger partial charge in [-0.3, -0.25) is 0 Å². The number of halogens is 1. The first-order chi connectivity index (χ1) is 9.15. The highest BCUT2D eigenvalue weighted by Gasteiger charge is 2.23. The van der Waals surface area contributed by atoms with Gasteiger partial charge in [0.2, 0.25) is 5.95 Å². The molecule has 0 spiro atoms. The molecule has 1 aromatic heterocycles. The highest BCUT2D eigenvalue weighted by molar-refractivity contribution is 6.30. The van der Waals surface area contributed by atoms with Gasteiger partial charge >= 0.3 is 0 Å². The van der Waals surface area contributed by atoms with Gasteiger partial charge in [0.15, 0.2) is 0 Å². The summed E-state index contributed by atoms with van der Waals surface area (Å²) >= 11 is 6.25. The SMILES string of the molecule is C[C@@H]1Cc2c(Cl)nc(N(C)c3ccccc3)nc2N1. The van der Waals surface area contributed by atoms with Crippen molar-refractivity contribution in [2.45, 2.75) is 19.4 Å². The monoisotopic (exact) mass is 274 g/mol. The highest BCUT2D eigenvalue weighted by Crippen LogP contribution is 2.32. The molecule has 1 atom stereocenters. The predicted octanol–water partition coefficient (Wildman–Crippen LogP) is 3.25. The maximum absolute atomic E-state index is 6.25. The van der Waals surface area contributed by atoms with Gasteiger partial charge in [-0.15, -0.1) is 0 Å². The molecule has 2 aromatic rings. The second-order valence-electron chi connectivity index (χ2n) is 4.79. The number of para-hydroxylation sites is 1. The van der Waals surface area contributed by atoms with Crippen LogP contribution in [0.4, 0.5) is 17.5 Å². The third kappa shape index (κ3) is 2.24. The number of anilines is 3. The number of rotatable bonds is 2. The molecular formula is C14H15ClN4. The number of benzene rings is 1. The zero-order valence-corrected chi connectivity index (χ0v) is 11.6. The van der Waals surface area contributed by atoms with Gasteiger partial charge < -0.3 is 10.2 Å². The Morgan fingerprint density at radius 2 is 2.00 bits per heavy atom. The van der Waals surface area contributed by atoms with Crippen LogP contribution in [-0.2, 0) is 6.42 Å². The maximum Gasteiger partial charge on any atom is 0.233 e. The van der Waals surface area contributed by atoms with E-state index < -0.39 is 0 Å². The van der Waals surface area contributed by atoms with E-state index >= 15 is 0 Å². The summed E-state index contributed by atoms with van der Waals surface area (Å²) in [6.45, 7) is 2.11. The van der Waals surface area contributed by atoms with E-state index in [1.807, 2.05) is 42.3 Å². The van der Waals surface area contributed by atoms with Crippen molar-refractivity contribution in [3.05, 3.63) is 41.0 Å². The molecule has 1 aromatic carbocycles. The lowest BCUT2D eigenvalue weighted by molar-refractivity contribution is 0.837. The summed E-state index contributed by atoms with van der Waals surface area (Å²) in [6, 6.07) is 10.3. The average molecular weight is 275 g/mol. The molecule has 2 heterocycles. The van der Waals surface area contributed by atoms with Crippen LogP contribution in [0.15, 0.2) is 30.3 Å². The van der Waals surface area contributed by atoms with Crippen molar-refractivity contribution in [1.29, 1.82) is 0 Å². The minimum Gasteiger partial charge on any atom is -0.367 e. The average Bonchev–Trinajstić information content (AvgIpc) is 2.80. The smallest absolute Gasteiger partial charge is 0.233 e. The molecule has 0 saturated heterocycles. The summed E-state index contributed by atoms with van der Waals surface area (Å²) in [5, 5.41) is 3.86. The van der Waals surface area contributed by atoms with Gasteiger partial charge in [0.1, 0.15) is 11.0 Å². The third-order valence-corrected chi connectivity index (χ3v) is 3.59. The zero-order valence-electron chi connectivity index (χ0n) is 10.9. The summed E-state index contributed by atoms with van der Waals surface area (Å²) in [5.74, 6) is 1.46. The van der Waals surface area contributed by atoms with Crippen molar-refractivity contribution in [2.24, 2.45) is 0 Å². The van der Waals surface area contributed by atoms with E-state index in [2.05, 4.69) is 22.2 Å². The highest BCUT2D eigenvalue weighted by atomic mass is 35.5. The Balaban J connectivity index is 1.99. The van der Waals surface area contributed by atoms with Crippen molar-refractivity contribution in [1.82, 2.24) is 9.97 Å². The standard InChI is InChI=1S/C14H15ClN4/c1-9-8-11-12(15)17-14(18-13(11)16-9)19(2)10-6-4-3-5-7-10/h3-7,9H,8H2,1-2H3,(H,16,17,18)/t9-/m1/s1. The van der Waals surface area contributed by atoms with Gasteiger partial charge in [0.25, 0.3) is 0 Å². The summed E-state index contributed by atoms with van der Waals surface area (Å²) in [7, 11) is 1.94. The van der Waals surface area contributed by atoms with Gasteiger partial charge in [0.05, 0.1) is 0 Å². The van der Waals surface area contributed by atoms with E-state index in [0.717, 1.165) is 23.5 Å². The Kier molecular flexibility index (Phi) is 3.03. The van der Waals surface area contributed by atoms with Crippen molar-refractivity contribution in [3.63, 3.8) is 0 Å². The second kappa shape index (κ2) is 4.70. The fourth-order valence-electron chi connectivity index (χ4n) is 2.25. The Bertz CT molecular complexity index is 600.